The van der Waals surface area contributed by atoms with Gasteiger partial charge in [-0.05, 0) is 25.5 Å². The highest BCUT2D eigenvalue weighted by Gasteiger charge is 2.07. The minimum absolute atomic E-state index is 0.216. The van der Waals surface area contributed by atoms with Gasteiger partial charge in [0.05, 0.1) is 6.33 Å². The third kappa shape index (κ3) is 3.96. The van der Waals surface area contributed by atoms with Crippen LogP contribution in [0.4, 0.5) is 0 Å². The van der Waals surface area contributed by atoms with Crippen molar-refractivity contribution in [2.45, 2.75) is 31.2 Å². The minimum atomic E-state index is 0.216. The number of imidazole rings is 1. The van der Waals surface area contributed by atoms with Gasteiger partial charge in [-0.25, -0.2) is 15.0 Å². The maximum absolute atomic E-state index is 12.1. The van der Waals surface area contributed by atoms with E-state index >= 15 is 0 Å². The van der Waals surface area contributed by atoms with Crippen LogP contribution < -0.4 is 0 Å². The Labute approximate surface area is 139 Å². The molecule has 5 nitrogen and oxygen atoms in total. The van der Waals surface area contributed by atoms with Crippen LogP contribution in [0.3, 0.4) is 0 Å². The van der Waals surface area contributed by atoms with Gasteiger partial charge in [0.2, 0.25) is 0 Å². The number of carbonyl (C=O) groups excluding carboxylic acids is 1. The van der Waals surface area contributed by atoms with E-state index in [2.05, 4.69) is 19.9 Å². The van der Waals surface area contributed by atoms with E-state index in [1.165, 1.54) is 11.9 Å². The van der Waals surface area contributed by atoms with Gasteiger partial charge in [0.25, 0.3) is 0 Å². The van der Waals surface area contributed by atoms with Gasteiger partial charge in [-0.15, -0.1) is 11.8 Å². The lowest BCUT2D eigenvalue weighted by molar-refractivity contribution is 0.0980. The molecule has 1 aromatic carbocycles. The summed E-state index contributed by atoms with van der Waals surface area (Å²) in [6.45, 7) is 2.02. The van der Waals surface area contributed by atoms with Gasteiger partial charge in [-0.3, -0.25) is 4.79 Å². The quantitative estimate of drug-likeness (QED) is 0.309. The molecule has 3 aromatic rings. The summed E-state index contributed by atoms with van der Waals surface area (Å²) in [5.74, 6) is 1.14. The van der Waals surface area contributed by atoms with Crippen molar-refractivity contribution in [1.82, 2.24) is 19.9 Å². The van der Waals surface area contributed by atoms with Crippen LogP contribution >= 0.6 is 11.8 Å². The summed E-state index contributed by atoms with van der Waals surface area (Å²) >= 11 is 1.67. The molecule has 0 atom stereocenters. The largest absolute Gasteiger partial charge is 0.341 e. The Morgan fingerprint density at radius 2 is 1.96 bits per heavy atom. The van der Waals surface area contributed by atoms with E-state index in [1.54, 1.807) is 18.1 Å². The van der Waals surface area contributed by atoms with Crippen molar-refractivity contribution in [2.75, 3.05) is 5.75 Å². The summed E-state index contributed by atoms with van der Waals surface area (Å²) in [5, 5.41) is 0.914. The SMILES string of the molecule is Cc1ccc(C(=O)CCCCSc2ncnc3nc[nH]c23)cc1. The minimum Gasteiger partial charge on any atom is -0.341 e. The van der Waals surface area contributed by atoms with Crippen molar-refractivity contribution < 1.29 is 4.79 Å². The molecule has 0 aliphatic rings. The molecular weight excluding hydrogens is 308 g/mol. The summed E-state index contributed by atoms with van der Waals surface area (Å²) < 4.78 is 0. The van der Waals surface area contributed by atoms with Gasteiger partial charge in [-0.2, -0.15) is 0 Å². The van der Waals surface area contributed by atoms with Crippen molar-refractivity contribution in [3.63, 3.8) is 0 Å². The fourth-order valence-corrected chi connectivity index (χ4v) is 3.25. The molecule has 0 radical (unpaired) electrons. The number of aromatic nitrogens is 4. The number of unbranched alkanes of at least 4 members (excludes halogenated alkanes) is 1. The van der Waals surface area contributed by atoms with Crippen LogP contribution in [0.15, 0.2) is 41.9 Å². The molecule has 0 saturated carbocycles. The molecular formula is C17H18N4OS. The fourth-order valence-electron chi connectivity index (χ4n) is 2.29. The summed E-state index contributed by atoms with van der Waals surface area (Å²) in [7, 11) is 0. The monoisotopic (exact) mass is 326 g/mol. The third-order valence-electron chi connectivity index (χ3n) is 3.60. The highest BCUT2D eigenvalue weighted by atomic mass is 32.2. The lowest BCUT2D eigenvalue weighted by Crippen LogP contribution is -1.99. The second-order valence-corrected chi connectivity index (χ2v) is 6.46. The van der Waals surface area contributed by atoms with Crippen molar-refractivity contribution in [3.05, 3.63) is 48.0 Å². The standard InChI is InChI=1S/C17H18N4OS/c1-12-5-7-13(8-6-12)14(22)4-2-3-9-23-17-15-16(19-10-18-15)20-11-21-17/h5-8,10-11H,2-4,9H2,1H3,(H,18,19,20,21). The Bertz CT molecular complexity index is 798. The Kier molecular flexibility index (Phi) is 5.02. The number of aromatic amines is 1. The molecule has 0 aliphatic heterocycles. The molecule has 6 heteroatoms. The molecule has 23 heavy (non-hydrogen) atoms. The van der Waals surface area contributed by atoms with Gasteiger partial charge in [-0.1, -0.05) is 29.8 Å². The molecule has 0 spiro atoms. The number of nitrogens with one attached hydrogen (secondary N) is 1. The van der Waals surface area contributed by atoms with Crippen LogP contribution in [0.5, 0.6) is 0 Å². The molecule has 2 aromatic heterocycles. The maximum Gasteiger partial charge on any atom is 0.181 e. The van der Waals surface area contributed by atoms with E-state index in [-0.39, 0.29) is 5.78 Å². The number of ketones is 1. The number of hydrogen-bond donors (Lipinski definition) is 1. The number of nitrogens with zero attached hydrogens (tertiary/aromatic N) is 3. The number of Topliss-reactive ketones (excluding diaryl/α,β-unsaturated/α-hetero) is 1. The third-order valence-corrected chi connectivity index (χ3v) is 4.67. The Morgan fingerprint density at radius 1 is 1.13 bits per heavy atom. The Hall–Kier alpha value is -2.21. The van der Waals surface area contributed by atoms with Crippen LogP contribution in [0, 0.1) is 6.92 Å². The molecule has 0 amide bonds. The van der Waals surface area contributed by atoms with Crippen molar-refractivity contribution in [3.8, 4) is 0 Å². The van der Waals surface area contributed by atoms with Crippen LogP contribution in [0.25, 0.3) is 11.2 Å². The number of carbonyl (C=O) groups is 1. The predicted molar refractivity (Wildman–Crippen MR) is 91.8 cm³/mol. The van der Waals surface area contributed by atoms with E-state index < -0.39 is 0 Å². The van der Waals surface area contributed by atoms with E-state index in [0.29, 0.717) is 12.1 Å². The second-order valence-electron chi connectivity index (χ2n) is 5.37. The number of rotatable bonds is 7. The molecule has 118 valence electrons. The fraction of sp³-hybridized carbons (Fsp3) is 0.294. The highest BCUT2D eigenvalue weighted by Crippen LogP contribution is 2.23. The molecule has 0 unspecified atom stereocenters. The molecule has 3 rings (SSSR count). The lowest BCUT2D eigenvalue weighted by atomic mass is 10.0. The number of aryl methyl sites for hydroxylation is 1. The van der Waals surface area contributed by atoms with E-state index in [9.17, 15) is 4.79 Å². The molecule has 0 saturated heterocycles. The molecule has 2 heterocycles. The number of H-pyrrole nitrogens is 1. The molecule has 0 bridgehead atoms. The zero-order valence-electron chi connectivity index (χ0n) is 13.0. The van der Waals surface area contributed by atoms with Crippen LogP contribution in [0.2, 0.25) is 0 Å². The molecule has 0 aliphatic carbocycles. The summed E-state index contributed by atoms with van der Waals surface area (Å²) in [6, 6.07) is 7.77. The first-order valence-corrected chi connectivity index (χ1v) is 8.59. The normalized spacial score (nSPS) is 11.0. The lowest BCUT2D eigenvalue weighted by Gasteiger charge is -2.03. The molecule has 1 N–H and O–H groups in total. The van der Waals surface area contributed by atoms with Crippen molar-refractivity contribution in [2.24, 2.45) is 0 Å². The Balaban J connectivity index is 1.44. The Morgan fingerprint density at radius 3 is 2.78 bits per heavy atom. The van der Waals surface area contributed by atoms with E-state index in [0.717, 1.165) is 34.7 Å². The van der Waals surface area contributed by atoms with Gasteiger partial charge in [0.1, 0.15) is 16.9 Å². The highest BCUT2D eigenvalue weighted by molar-refractivity contribution is 7.99. The smallest absolute Gasteiger partial charge is 0.181 e. The van der Waals surface area contributed by atoms with Crippen LogP contribution in [-0.2, 0) is 0 Å². The van der Waals surface area contributed by atoms with Crippen molar-refractivity contribution in [1.29, 1.82) is 0 Å². The molecule has 0 fully saturated rings. The van der Waals surface area contributed by atoms with E-state index in [4.69, 9.17) is 0 Å². The zero-order chi connectivity index (χ0) is 16.1. The maximum atomic E-state index is 12.1. The first-order valence-electron chi connectivity index (χ1n) is 7.61. The predicted octanol–water partition coefficient (Wildman–Crippen LogP) is 3.81. The number of hydrogen-bond acceptors (Lipinski definition) is 5. The number of fused-ring (bicyclic) bond motifs is 1. The van der Waals surface area contributed by atoms with Crippen molar-refractivity contribution >= 4 is 28.7 Å². The average molecular weight is 326 g/mol. The van der Waals surface area contributed by atoms with Crippen LogP contribution in [0.1, 0.15) is 35.2 Å². The average Bonchev–Trinajstić information content (AvgIpc) is 3.04. The van der Waals surface area contributed by atoms with Gasteiger partial charge >= 0.3 is 0 Å². The second kappa shape index (κ2) is 7.37. The van der Waals surface area contributed by atoms with Gasteiger partial charge < -0.3 is 4.98 Å². The topological polar surface area (TPSA) is 71.5 Å². The number of benzene rings is 1. The van der Waals surface area contributed by atoms with Gasteiger partial charge in [0.15, 0.2) is 11.4 Å². The summed E-state index contributed by atoms with van der Waals surface area (Å²) in [4.78, 5) is 27.7. The van der Waals surface area contributed by atoms with Gasteiger partial charge in [0, 0.05) is 12.0 Å². The first-order chi connectivity index (χ1) is 11.2. The van der Waals surface area contributed by atoms with Crippen LogP contribution in [-0.4, -0.2) is 31.5 Å². The summed E-state index contributed by atoms with van der Waals surface area (Å²) in [5.41, 5.74) is 3.55. The zero-order valence-corrected chi connectivity index (χ0v) is 13.8. The number of thioether (sulfide) groups is 1. The first kappa shape index (κ1) is 15.7. The summed E-state index contributed by atoms with van der Waals surface area (Å²) in [6.07, 6.45) is 5.61. The van der Waals surface area contributed by atoms with E-state index in [1.807, 2.05) is 31.2 Å².